The number of hydrogen-bond donors (Lipinski definition) is 1. The molecule has 0 radical (unpaired) electrons. The van der Waals surface area contributed by atoms with E-state index in [-0.39, 0.29) is 47.3 Å². The van der Waals surface area contributed by atoms with Gasteiger partial charge in [0.25, 0.3) is 0 Å². The Bertz CT molecular complexity index is 965. The van der Waals surface area contributed by atoms with Crippen molar-refractivity contribution >= 4 is 21.7 Å². The first-order valence-electron chi connectivity index (χ1n) is 14.7. The van der Waals surface area contributed by atoms with Gasteiger partial charge in [-0.3, -0.25) is 9.59 Å². The van der Waals surface area contributed by atoms with Gasteiger partial charge in [0, 0.05) is 44.8 Å². The van der Waals surface area contributed by atoms with Crippen LogP contribution in [0.25, 0.3) is 0 Å². The molecule has 2 heterocycles. The van der Waals surface area contributed by atoms with Crippen LogP contribution in [-0.4, -0.2) is 91.5 Å². The number of rotatable bonds is 4. The molecular formula is C28H47N3O5S. The third-order valence-electron chi connectivity index (χ3n) is 10.7. The Morgan fingerprint density at radius 3 is 2.27 bits per heavy atom. The largest absolute Gasteiger partial charge is 0.381 e. The van der Waals surface area contributed by atoms with Crippen molar-refractivity contribution in [2.45, 2.75) is 126 Å². The molecule has 2 aliphatic heterocycles. The molecule has 1 N–H and O–H groups in total. The van der Waals surface area contributed by atoms with Gasteiger partial charge in [-0.05, 0) is 89.4 Å². The van der Waals surface area contributed by atoms with Crippen LogP contribution >= 0.6 is 0 Å². The van der Waals surface area contributed by atoms with Crippen molar-refractivity contribution in [1.82, 2.24) is 15.1 Å². The van der Waals surface area contributed by atoms with Gasteiger partial charge in [-0.25, -0.2) is 8.42 Å². The molecule has 37 heavy (non-hydrogen) atoms. The van der Waals surface area contributed by atoms with Crippen molar-refractivity contribution in [2.24, 2.45) is 17.8 Å². The molecule has 210 valence electrons. The predicted molar refractivity (Wildman–Crippen MR) is 143 cm³/mol. The minimum atomic E-state index is -2.98. The van der Waals surface area contributed by atoms with Gasteiger partial charge in [-0.15, -0.1) is 0 Å². The summed E-state index contributed by atoms with van der Waals surface area (Å²) in [6, 6.07) is 0.308. The van der Waals surface area contributed by atoms with E-state index in [9.17, 15) is 18.0 Å². The van der Waals surface area contributed by atoms with Crippen molar-refractivity contribution in [2.75, 3.05) is 19.9 Å². The van der Waals surface area contributed by atoms with E-state index < -0.39 is 9.84 Å². The Morgan fingerprint density at radius 2 is 1.62 bits per heavy atom. The van der Waals surface area contributed by atoms with E-state index in [0.717, 1.165) is 70.6 Å². The van der Waals surface area contributed by atoms with Crippen LogP contribution in [0.2, 0.25) is 0 Å². The average molecular weight is 538 g/mol. The molecule has 2 saturated heterocycles. The summed E-state index contributed by atoms with van der Waals surface area (Å²) < 4.78 is 29.9. The lowest BCUT2D eigenvalue weighted by Crippen LogP contribution is -2.68. The highest BCUT2D eigenvalue weighted by molar-refractivity contribution is 7.91. The number of methoxy groups -OCH3 is 1. The van der Waals surface area contributed by atoms with E-state index in [0.29, 0.717) is 30.3 Å². The van der Waals surface area contributed by atoms with Crippen LogP contribution in [0.4, 0.5) is 0 Å². The van der Waals surface area contributed by atoms with Crippen LogP contribution in [-0.2, 0) is 24.2 Å². The fraction of sp³-hybridized carbons (Fsp3) is 0.929. The Labute approximate surface area is 223 Å². The molecule has 0 spiro atoms. The maximum atomic E-state index is 14.1. The van der Waals surface area contributed by atoms with Gasteiger partial charge >= 0.3 is 0 Å². The lowest BCUT2D eigenvalue weighted by molar-refractivity contribution is -0.156. The van der Waals surface area contributed by atoms with E-state index in [2.05, 4.69) is 17.1 Å². The SMILES string of the molecule is COC1CCCC2NC(C(=O)N3C[C@H](C)N(C(C)=O)C4CCC(C5CCC(S(C)(=O)=O)CC5)CC43)CC21. The molecule has 3 saturated carbocycles. The van der Waals surface area contributed by atoms with Crippen molar-refractivity contribution in [3.8, 4) is 0 Å². The fourth-order valence-electron chi connectivity index (χ4n) is 8.88. The fourth-order valence-corrected chi connectivity index (χ4v) is 10.0. The van der Waals surface area contributed by atoms with Crippen LogP contribution in [0.3, 0.4) is 0 Å². The monoisotopic (exact) mass is 537 g/mol. The molecule has 5 rings (SSSR count). The molecule has 5 fully saturated rings. The summed E-state index contributed by atoms with van der Waals surface area (Å²) in [5.74, 6) is 1.70. The Balaban J connectivity index is 1.32. The maximum Gasteiger partial charge on any atom is 0.240 e. The number of nitrogens with one attached hydrogen (secondary N) is 1. The lowest BCUT2D eigenvalue weighted by atomic mass is 9.69. The Hall–Kier alpha value is -1.19. The van der Waals surface area contributed by atoms with Crippen LogP contribution in [0.1, 0.15) is 84.5 Å². The van der Waals surface area contributed by atoms with Gasteiger partial charge in [-0.2, -0.15) is 0 Å². The predicted octanol–water partition coefficient (Wildman–Crippen LogP) is 2.75. The molecule has 3 aliphatic carbocycles. The molecule has 0 bridgehead atoms. The Kier molecular flexibility index (Phi) is 7.96. The van der Waals surface area contributed by atoms with E-state index in [1.54, 1.807) is 14.0 Å². The van der Waals surface area contributed by atoms with Crippen LogP contribution in [0.5, 0.6) is 0 Å². The number of nitrogens with zero attached hydrogens (tertiary/aromatic N) is 2. The topological polar surface area (TPSA) is 96.0 Å². The third kappa shape index (κ3) is 5.33. The van der Waals surface area contributed by atoms with Gasteiger partial charge in [0.05, 0.1) is 29.5 Å². The second-order valence-corrected chi connectivity index (χ2v) is 15.1. The normalized spacial score (nSPS) is 42.7. The average Bonchev–Trinajstić information content (AvgIpc) is 3.31. The first-order valence-corrected chi connectivity index (χ1v) is 16.6. The number of amides is 2. The zero-order chi connectivity index (χ0) is 26.5. The summed E-state index contributed by atoms with van der Waals surface area (Å²) in [6.45, 7) is 4.34. The standard InChI is InChI=1S/C28H47N3O5S/c1-17-16-30(28(33)24-15-22-23(29-24)6-5-7-27(22)36-3)26-14-20(10-13-25(26)31(17)18(2)32)19-8-11-21(12-9-19)37(4,34)35/h17,19-27,29H,5-16H2,1-4H3/t17-,19?,20?,21?,22?,23?,24?,25?,26?,27?/m0/s1. The number of hydrogen-bond acceptors (Lipinski definition) is 6. The molecule has 0 aromatic carbocycles. The van der Waals surface area contributed by atoms with E-state index in [1.165, 1.54) is 6.26 Å². The summed E-state index contributed by atoms with van der Waals surface area (Å²) in [6.07, 6.45) is 12.0. The van der Waals surface area contributed by atoms with Crippen molar-refractivity contribution in [1.29, 1.82) is 0 Å². The van der Waals surface area contributed by atoms with Crippen LogP contribution in [0.15, 0.2) is 0 Å². The van der Waals surface area contributed by atoms with Crippen LogP contribution in [0, 0.1) is 17.8 Å². The van der Waals surface area contributed by atoms with Crippen molar-refractivity contribution < 1.29 is 22.7 Å². The van der Waals surface area contributed by atoms with Crippen LogP contribution < -0.4 is 5.32 Å². The summed E-state index contributed by atoms with van der Waals surface area (Å²) in [5, 5.41) is 3.48. The van der Waals surface area contributed by atoms with Gasteiger partial charge in [0.2, 0.25) is 11.8 Å². The summed E-state index contributed by atoms with van der Waals surface area (Å²) in [4.78, 5) is 31.0. The third-order valence-corrected chi connectivity index (χ3v) is 12.4. The zero-order valence-electron chi connectivity index (χ0n) is 23.1. The van der Waals surface area contributed by atoms with Gasteiger partial charge in [-0.1, -0.05) is 0 Å². The van der Waals surface area contributed by atoms with Gasteiger partial charge in [0.15, 0.2) is 0 Å². The maximum absolute atomic E-state index is 14.1. The molecule has 9 heteroatoms. The number of sulfone groups is 1. The zero-order valence-corrected chi connectivity index (χ0v) is 23.9. The van der Waals surface area contributed by atoms with E-state index >= 15 is 0 Å². The highest BCUT2D eigenvalue weighted by Gasteiger charge is 2.51. The molecule has 7 unspecified atom stereocenters. The molecular weight excluding hydrogens is 490 g/mol. The lowest BCUT2D eigenvalue weighted by Gasteiger charge is -2.55. The summed E-state index contributed by atoms with van der Waals surface area (Å²) >= 11 is 0. The Morgan fingerprint density at radius 1 is 0.919 bits per heavy atom. The molecule has 8 atom stereocenters. The van der Waals surface area contributed by atoms with Crippen molar-refractivity contribution in [3.05, 3.63) is 0 Å². The molecule has 0 aromatic heterocycles. The van der Waals surface area contributed by atoms with Gasteiger partial charge < -0.3 is 19.9 Å². The van der Waals surface area contributed by atoms with E-state index in [4.69, 9.17) is 4.74 Å². The smallest absolute Gasteiger partial charge is 0.240 e. The number of fused-ring (bicyclic) bond motifs is 2. The summed E-state index contributed by atoms with van der Waals surface area (Å²) in [7, 11) is -1.19. The summed E-state index contributed by atoms with van der Waals surface area (Å²) in [5.41, 5.74) is 0. The highest BCUT2D eigenvalue weighted by Crippen LogP contribution is 2.44. The molecule has 5 aliphatic rings. The number of carbonyl (C=O) groups excluding carboxylic acids is 2. The van der Waals surface area contributed by atoms with Gasteiger partial charge in [0.1, 0.15) is 9.84 Å². The molecule has 2 amide bonds. The first-order chi connectivity index (χ1) is 17.6. The molecule has 8 nitrogen and oxygen atoms in total. The number of ether oxygens (including phenoxy) is 1. The highest BCUT2D eigenvalue weighted by atomic mass is 32.2. The second kappa shape index (κ2) is 10.8. The quantitative estimate of drug-likeness (QED) is 0.593. The van der Waals surface area contributed by atoms with Crippen molar-refractivity contribution in [3.63, 3.8) is 0 Å². The number of piperazine rings is 1. The van der Waals surface area contributed by atoms with E-state index in [1.807, 2.05) is 4.90 Å². The minimum absolute atomic E-state index is 0.0138. The minimum Gasteiger partial charge on any atom is -0.381 e. The number of carbonyl (C=O) groups is 2. The molecule has 0 aromatic rings. The first kappa shape index (κ1) is 27.4. The second-order valence-electron chi connectivity index (χ2n) is 12.8.